The Hall–Kier alpha value is -1.39. The zero-order valence-corrected chi connectivity index (χ0v) is 10.3. The van der Waals surface area contributed by atoms with Crippen molar-refractivity contribution in [2.45, 2.75) is 6.42 Å². The van der Waals surface area contributed by atoms with Crippen LogP contribution in [-0.4, -0.2) is 37.6 Å². The first kappa shape index (κ1) is 11.7. The molecule has 0 atom stereocenters. The summed E-state index contributed by atoms with van der Waals surface area (Å²) < 4.78 is 19.0. The van der Waals surface area contributed by atoms with Crippen molar-refractivity contribution in [3.8, 4) is 0 Å². The van der Waals surface area contributed by atoms with E-state index in [9.17, 15) is 4.39 Å². The van der Waals surface area contributed by atoms with Crippen LogP contribution in [-0.2, 0) is 6.42 Å². The molecule has 0 radical (unpaired) electrons. The van der Waals surface area contributed by atoms with E-state index in [0.29, 0.717) is 5.58 Å². The van der Waals surface area contributed by atoms with E-state index in [1.54, 1.807) is 6.26 Å². The topological polar surface area (TPSA) is 28.4 Å². The summed E-state index contributed by atoms with van der Waals surface area (Å²) in [6, 6.07) is 5.27. The average molecular weight is 248 g/mol. The molecule has 0 amide bonds. The normalized spacial score (nSPS) is 17.4. The van der Waals surface area contributed by atoms with E-state index in [2.05, 4.69) is 10.2 Å². The van der Waals surface area contributed by atoms with E-state index in [1.807, 2.05) is 12.1 Å². The molecule has 1 aromatic carbocycles. The Morgan fingerprint density at radius 1 is 1.28 bits per heavy atom. The highest BCUT2D eigenvalue weighted by Gasteiger charge is 2.11. The van der Waals surface area contributed by atoms with Crippen LogP contribution in [0.3, 0.4) is 0 Å². The molecule has 3 nitrogen and oxygen atoms in total. The number of halogens is 1. The maximum absolute atomic E-state index is 13.9. The Kier molecular flexibility index (Phi) is 3.30. The number of fused-ring (bicyclic) bond motifs is 1. The molecule has 0 saturated carbocycles. The Labute approximate surface area is 106 Å². The van der Waals surface area contributed by atoms with Crippen molar-refractivity contribution in [3.63, 3.8) is 0 Å². The van der Waals surface area contributed by atoms with E-state index >= 15 is 0 Å². The Balaban J connectivity index is 1.71. The van der Waals surface area contributed by atoms with Crippen molar-refractivity contribution in [3.05, 3.63) is 35.8 Å². The maximum atomic E-state index is 13.9. The van der Waals surface area contributed by atoms with Gasteiger partial charge in [-0.3, -0.25) is 0 Å². The summed E-state index contributed by atoms with van der Waals surface area (Å²) in [6.07, 6.45) is 2.36. The number of hydrogen-bond acceptors (Lipinski definition) is 3. The van der Waals surface area contributed by atoms with Crippen LogP contribution in [0.15, 0.2) is 28.9 Å². The number of nitrogens with zero attached hydrogens (tertiary/aromatic N) is 1. The van der Waals surface area contributed by atoms with Crippen LogP contribution in [0, 0.1) is 5.82 Å². The molecule has 0 bridgehead atoms. The fourth-order valence-corrected chi connectivity index (χ4v) is 2.44. The third-order valence-electron chi connectivity index (χ3n) is 3.53. The second kappa shape index (κ2) is 5.08. The van der Waals surface area contributed by atoms with E-state index in [-0.39, 0.29) is 5.82 Å². The summed E-state index contributed by atoms with van der Waals surface area (Å²) in [4.78, 5) is 2.37. The minimum Gasteiger partial charge on any atom is -0.464 e. The second-order valence-electron chi connectivity index (χ2n) is 4.74. The van der Waals surface area contributed by atoms with Gasteiger partial charge in [-0.25, -0.2) is 4.39 Å². The number of rotatable bonds is 3. The van der Waals surface area contributed by atoms with Crippen LogP contribution in [0.5, 0.6) is 0 Å². The second-order valence-corrected chi connectivity index (χ2v) is 4.74. The lowest BCUT2D eigenvalue weighted by Crippen LogP contribution is -2.44. The lowest BCUT2D eigenvalue weighted by molar-refractivity contribution is 0.243. The molecule has 1 aliphatic rings. The summed E-state index contributed by atoms with van der Waals surface area (Å²) in [5.41, 5.74) is 1.40. The molecule has 1 fully saturated rings. The third-order valence-corrected chi connectivity index (χ3v) is 3.53. The average Bonchev–Trinajstić information content (AvgIpc) is 2.84. The van der Waals surface area contributed by atoms with Gasteiger partial charge < -0.3 is 14.6 Å². The Morgan fingerprint density at radius 2 is 2.11 bits per heavy atom. The minimum absolute atomic E-state index is 0.160. The molecule has 18 heavy (non-hydrogen) atoms. The number of piperazine rings is 1. The van der Waals surface area contributed by atoms with Gasteiger partial charge in [0.2, 0.25) is 0 Å². The van der Waals surface area contributed by atoms with Crippen LogP contribution in [0.4, 0.5) is 4.39 Å². The van der Waals surface area contributed by atoms with Crippen molar-refractivity contribution in [1.29, 1.82) is 0 Å². The van der Waals surface area contributed by atoms with Gasteiger partial charge in [-0.05, 0) is 24.1 Å². The van der Waals surface area contributed by atoms with Crippen LogP contribution >= 0.6 is 0 Å². The van der Waals surface area contributed by atoms with Gasteiger partial charge in [0, 0.05) is 44.2 Å². The zero-order chi connectivity index (χ0) is 12.4. The van der Waals surface area contributed by atoms with Crippen molar-refractivity contribution in [2.24, 2.45) is 0 Å². The van der Waals surface area contributed by atoms with Gasteiger partial charge in [-0.15, -0.1) is 0 Å². The lowest BCUT2D eigenvalue weighted by atomic mass is 10.1. The monoisotopic (exact) mass is 248 g/mol. The number of furan rings is 1. The molecule has 1 N–H and O–H groups in total. The first-order valence-electron chi connectivity index (χ1n) is 6.41. The van der Waals surface area contributed by atoms with Crippen molar-refractivity contribution in [2.75, 3.05) is 32.7 Å². The zero-order valence-electron chi connectivity index (χ0n) is 10.3. The molecule has 4 heteroatoms. The van der Waals surface area contributed by atoms with Gasteiger partial charge in [-0.2, -0.15) is 0 Å². The summed E-state index contributed by atoms with van der Waals surface area (Å²) >= 11 is 0. The van der Waals surface area contributed by atoms with Gasteiger partial charge >= 0.3 is 0 Å². The summed E-state index contributed by atoms with van der Waals surface area (Å²) in [5, 5.41) is 4.30. The third kappa shape index (κ3) is 2.40. The molecule has 1 saturated heterocycles. The van der Waals surface area contributed by atoms with Crippen molar-refractivity contribution >= 4 is 11.0 Å². The minimum atomic E-state index is -0.160. The largest absolute Gasteiger partial charge is 0.464 e. The first-order chi connectivity index (χ1) is 8.83. The van der Waals surface area contributed by atoms with Gasteiger partial charge in [0.15, 0.2) is 0 Å². The molecular formula is C14H17FN2O. The summed E-state index contributed by atoms with van der Waals surface area (Å²) in [6.45, 7) is 5.08. The van der Waals surface area contributed by atoms with Crippen LogP contribution in [0.1, 0.15) is 5.56 Å². The quantitative estimate of drug-likeness (QED) is 0.900. The number of nitrogens with one attached hydrogen (secondary N) is 1. The highest BCUT2D eigenvalue weighted by molar-refractivity contribution is 5.77. The summed E-state index contributed by atoms with van der Waals surface area (Å²) in [5.74, 6) is -0.160. The van der Waals surface area contributed by atoms with Gasteiger partial charge in [0.25, 0.3) is 0 Å². The van der Waals surface area contributed by atoms with Crippen molar-refractivity contribution < 1.29 is 8.81 Å². The number of hydrogen-bond donors (Lipinski definition) is 1. The fourth-order valence-electron chi connectivity index (χ4n) is 2.44. The number of benzene rings is 1. The molecule has 0 spiro atoms. The van der Waals surface area contributed by atoms with E-state index in [4.69, 9.17) is 4.42 Å². The van der Waals surface area contributed by atoms with Crippen LogP contribution < -0.4 is 5.32 Å². The van der Waals surface area contributed by atoms with Crippen LogP contribution in [0.25, 0.3) is 11.0 Å². The van der Waals surface area contributed by atoms with Gasteiger partial charge in [0.05, 0.1) is 6.26 Å². The molecule has 96 valence electrons. The molecule has 0 aliphatic carbocycles. The van der Waals surface area contributed by atoms with E-state index in [0.717, 1.165) is 50.1 Å². The van der Waals surface area contributed by atoms with Gasteiger partial charge in [0.1, 0.15) is 11.4 Å². The standard InChI is InChI=1S/C14H17FN2O/c15-13-10-14-12(2-8-18-14)9-11(13)1-5-17-6-3-16-4-7-17/h2,8-10,16H,1,3-7H2. The molecule has 2 aromatic rings. The van der Waals surface area contributed by atoms with Crippen molar-refractivity contribution in [1.82, 2.24) is 10.2 Å². The predicted molar refractivity (Wildman–Crippen MR) is 69.2 cm³/mol. The van der Waals surface area contributed by atoms with E-state index < -0.39 is 0 Å². The molecule has 0 unspecified atom stereocenters. The smallest absolute Gasteiger partial charge is 0.136 e. The molecular weight excluding hydrogens is 231 g/mol. The van der Waals surface area contributed by atoms with E-state index in [1.165, 1.54) is 6.07 Å². The highest BCUT2D eigenvalue weighted by atomic mass is 19.1. The van der Waals surface area contributed by atoms with Gasteiger partial charge in [-0.1, -0.05) is 0 Å². The van der Waals surface area contributed by atoms with Crippen LogP contribution in [0.2, 0.25) is 0 Å². The first-order valence-corrected chi connectivity index (χ1v) is 6.41. The SMILES string of the molecule is Fc1cc2occc2cc1CCN1CCNCC1. The molecule has 1 aliphatic heterocycles. The fraction of sp³-hybridized carbons (Fsp3) is 0.429. The summed E-state index contributed by atoms with van der Waals surface area (Å²) in [7, 11) is 0. The Morgan fingerprint density at radius 3 is 2.94 bits per heavy atom. The predicted octanol–water partition coefficient (Wildman–Crippen LogP) is 2.02. The molecule has 1 aromatic heterocycles. The molecule has 2 heterocycles. The maximum Gasteiger partial charge on any atom is 0.136 e. The Bertz CT molecular complexity index is 532. The lowest BCUT2D eigenvalue weighted by Gasteiger charge is -2.27. The molecule has 3 rings (SSSR count). The highest BCUT2D eigenvalue weighted by Crippen LogP contribution is 2.20.